The Morgan fingerprint density at radius 3 is 2.78 bits per heavy atom. The number of hydrogen-bond acceptors (Lipinski definition) is 5. The molecule has 2 fully saturated rings. The van der Waals surface area contributed by atoms with Gasteiger partial charge in [-0.05, 0) is 50.0 Å². The van der Waals surface area contributed by atoms with E-state index < -0.39 is 0 Å². The molecule has 0 spiro atoms. The molecule has 2 aromatic rings. The zero-order chi connectivity index (χ0) is 15.8. The van der Waals surface area contributed by atoms with E-state index in [0.29, 0.717) is 11.8 Å². The highest BCUT2D eigenvalue weighted by atomic mass is 35.5. The Hall–Kier alpha value is -0.880. The molecule has 124 valence electrons. The van der Waals surface area contributed by atoms with Crippen LogP contribution in [0.2, 0.25) is 5.02 Å². The maximum Gasteiger partial charge on any atom is 0.186 e. The highest BCUT2D eigenvalue weighted by molar-refractivity contribution is 7.22. The van der Waals surface area contributed by atoms with Crippen LogP contribution < -0.4 is 4.90 Å². The molecular formula is C17H22ClN3OS. The Morgan fingerprint density at radius 1 is 1.22 bits per heavy atom. The first-order chi connectivity index (χ1) is 11.2. The summed E-state index contributed by atoms with van der Waals surface area (Å²) < 4.78 is 1.14. The molecule has 0 unspecified atom stereocenters. The molecule has 1 N–H and O–H groups in total. The number of hydrogen-bond donors (Lipinski definition) is 1. The molecule has 6 heteroatoms. The van der Waals surface area contributed by atoms with Gasteiger partial charge in [0, 0.05) is 37.2 Å². The minimum absolute atomic E-state index is 0.270. The lowest BCUT2D eigenvalue weighted by Crippen LogP contribution is -2.31. The number of fused-ring (bicyclic) bond motifs is 1. The van der Waals surface area contributed by atoms with Gasteiger partial charge >= 0.3 is 0 Å². The van der Waals surface area contributed by atoms with E-state index in [1.54, 1.807) is 11.3 Å². The van der Waals surface area contributed by atoms with Crippen molar-refractivity contribution in [2.45, 2.75) is 12.8 Å². The second-order valence-electron chi connectivity index (χ2n) is 6.72. The fourth-order valence-electron chi connectivity index (χ4n) is 3.83. The summed E-state index contributed by atoms with van der Waals surface area (Å²) in [6, 6.07) is 5.86. The van der Waals surface area contributed by atoms with E-state index in [0.717, 1.165) is 40.0 Å². The molecule has 2 aliphatic heterocycles. The van der Waals surface area contributed by atoms with Crippen molar-refractivity contribution in [2.24, 2.45) is 11.8 Å². The summed E-state index contributed by atoms with van der Waals surface area (Å²) in [4.78, 5) is 9.66. The highest BCUT2D eigenvalue weighted by Crippen LogP contribution is 2.35. The Balaban J connectivity index is 1.51. The number of thiazole rings is 1. The minimum atomic E-state index is 0.270. The van der Waals surface area contributed by atoms with Crippen LogP contribution in [0.25, 0.3) is 10.2 Å². The first-order valence-corrected chi connectivity index (χ1v) is 9.56. The van der Waals surface area contributed by atoms with Crippen LogP contribution in [0, 0.1) is 11.8 Å². The van der Waals surface area contributed by atoms with E-state index in [1.165, 1.54) is 25.9 Å². The first-order valence-electron chi connectivity index (χ1n) is 8.37. The Morgan fingerprint density at radius 2 is 2.00 bits per heavy atom. The molecule has 0 radical (unpaired) electrons. The molecule has 1 aromatic carbocycles. The molecule has 2 atom stereocenters. The summed E-state index contributed by atoms with van der Waals surface area (Å²) in [6.07, 6.45) is 2.64. The van der Waals surface area contributed by atoms with Crippen molar-refractivity contribution < 1.29 is 5.11 Å². The van der Waals surface area contributed by atoms with Crippen molar-refractivity contribution in [3.8, 4) is 0 Å². The Kier molecular flexibility index (Phi) is 4.46. The van der Waals surface area contributed by atoms with Crippen molar-refractivity contribution in [1.82, 2.24) is 9.88 Å². The molecule has 0 bridgehead atoms. The predicted octanol–water partition coefficient (Wildman–Crippen LogP) is 3.09. The van der Waals surface area contributed by atoms with Crippen LogP contribution in [0.5, 0.6) is 0 Å². The SMILES string of the molecule is OC[C@@H]1CN(c2nc3ccc(Cl)cc3s2)C[C@@H]1CN1CCCC1. The molecule has 23 heavy (non-hydrogen) atoms. The van der Waals surface area contributed by atoms with E-state index in [9.17, 15) is 5.11 Å². The van der Waals surface area contributed by atoms with Gasteiger partial charge in [-0.3, -0.25) is 0 Å². The first kappa shape index (κ1) is 15.6. The lowest BCUT2D eigenvalue weighted by atomic mass is 9.96. The number of anilines is 1. The Labute approximate surface area is 145 Å². The normalized spacial score (nSPS) is 25.7. The third kappa shape index (κ3) is 3.20. The predicted molar refractivity (Wildman–Crippen MR) is 96.6 cm³/mol. The van der Waals surface area contributed by atoms with Crippen molar-refractivity contribution >= 4 is 38.3 Å². The minimum Gasteiger partial charge on any atom is -0.396 e. The third-order valence-corrected chi connectivity index (χ3v) is 6.43. The van der Waals surface area contributed by atoms with Crippen molar-refractivity contribution in [3.05, 3.63) is 23.2 Å². The molecule has 2 saturated heterocycles. The summed E-state index contributed by atoms with van der Waals surface area (Å²) in [6.45, 7) is 5.71. The summed E-state index contributed by atoms with van der Waals surface area (Å²) in [7, 11) is 0. The van der Waals surface area contributed by atoms with Gasteiger partial charge in [0.15, 0.2) is 5.13 Å². The number of aromatic nitrogens is 1. The smallest absolute Gasteiger partial charge is 0.186 e. The second-order valence-corrected chi connectivity index (χ2v) is 8.17. The monoisotopic (exact) mass is 351 g/mol. The van der Waals surface area contributed by atoms with Gasteiger partial charge in [0.1, 0.15) is 0 Å². The molecule has 1 aromatic heterocycles. The highest BCUT2D eigenvalue weighted by Gasteiger charge is 2.35. The molecule has 2 aliphatic rings. The summed E-state index contributed by atoms with van der Waals surface area (Å²) in [5, 5.41) is 11.6. The van der Waals surface area contributed by atoms with E-state index in [2.05, 4.69) is 9.80 Å². The summed E-state index contributed by atoms with van der Waals surface area (Å²) >= 11 is 7.78. The Bertz CT molecular complexity index is 686. The average Bonchev–Trinajstić information content (AvgIpc) is 3.25. The van der Waals surface area contributed by atoms with Crippen LogP contribution in [-0.4, -0.2) is 54.3 Å². The lowest BCUT2D eigenvalue weighted by molar-refractivity contribution is 0.176. The number of nitrogens with zero attached hydrogens (tertiary/aromatic N) is 3. The molecule has 0 saturated carbocycles. The van der Waals surface area contributed by atoms with Crippen LogP contribution in [0.4, 0.5) is 5.13 Å². The maximum atomic E-state index is 9.77. The fourth-order valence-corrected chi connectivity index (χ4v) is 5.09. The number of aliphatic hydroxyl groups is 1. The van der Waals surface area contributed by atoms with Crippen LogP contribution >= 0.6 is 22.9 Å². The van der Waals surface area contributed by atoms with E-state index in [-0.39, 0.29) is 6.61 Å². The molecular weight excluding hydrogens is 330 g/mol. The van der Waals surface area contributed by atoms with Gasteiger partial charge in [-0.25, -0.2) is 4.98 Å². The lowest BCUT2D eigenvalue weighted by Gasteiger charge is -2.22. The molecule has 3 heterocycles. The van der Waals surface area contributed by atoms with Crippen molar-refractivity contribution in [2.75, 3.05) is 44.2 Å². The molecule has 4 rings (SSSR count). The summed E-state index contributed by atoms with van der Waals surface area (Å²) in [5.41, 5.74) is 1.01. The van der Waals surface area contributed by atoms with E-state index >= 15 is 0 Å². The quantitative estimate of drug-likeness (QED) is 0.918. The number of likely N-dealkylation sites (tertiary alicyclic amines) is 1. The van der Waals surface area contributed by atoms with Crippen LogP contribution in [0.3, 0.4) is 0 Å². The second kappa shape index (κ2) is 6.55. The van der Waals surface area contributed by atoms with E-state index in [1.807, 2.05) is 18.2 Å². The van der Waals surface area contributed by atoms with Gasteiger partial charge in [0.05, 0.1) is 10.2 Å². The summed E-state index contributed by atoms with van der Waals surface area (Å²) in [5.74, 6) is 0.889. The molecule has 0 aliphatic carbocycles. The topological polar surface area (TPSA) is 39.6 Å². The van der Waals surface area contributed by atoms with Gasteiger partial charge in [-0.15, -0.1) is 0 Å². The standard InChI is InChI=1S/C17H22ClN3OS/c18-14-3-4-15-16(7-14)23-17(19-15)21-9-12(13(10-21)11-22)8-20-5-1-2-6-20/h3-4,7,12-13,22H,1-2,5-6,8-11H2/t12-,13-/m0/s1. The van der Waals surface area contributed by atoms with Gasteiger partial charge in [-0.2, -0.15) is 0 Å². The zero-order valence-corrected chi connectivity index (χ0v) is 14.7. The number of benzene rings is 1. The largest absolute Gasteiger partial charge is 0.396 e. The fraction of sp³-hybridized carbons (Fsp3) is 0.588. The third-order valence-electron chi connectivity index (χ3n) is 5.11. The van der Waals surface area contributed by atoms with Crippen molar-refractivity contribution in [3.63, 3.8) is 0 Å². The maximum absolute atomic E-state index is 9.77. The van der Waals surface area contributed by atoms with Gasteiger partial charge in [0.2, 0.25) is 0 Å². The average molecular weight is 352 g/mol. The van der Waals surface area contributed by atoms with Gasteiger partial charge < -0.3 is 14.9 Å². The van der Waals surface area contributed by atoms with Gasteiger partial charge in [0.25, 0.3) is 0 Å². The van der Waals surface area contributed by atoms with Crippen LogP contribution in [0.1, 0.15) is 12.8 Å². The number of rotatable bonds is 4. The number of aliphatic hydroxyl groups excluding tert-OH is 1. The van der Waals surface area contributed by atoms with Crippen molar-refractivity contribution in [1.29, 1.82) is 0 Å². The zero-order valence-electron chi connectivity index (χ0n) is 13.1. The molecule has 4 nitrogen and oxygen atoms in total. The van der Waals surface area contributed by atoms with E-state index in [4.69, 9.17) is 16.6 Å². The van der Waals surface area contributed by atoms with Crippen LogP contribution in [0.15, 0.2) is 18.2 Å². The van der Waals surface area contributed by atoms with Gasteiger partial charge in [-0.1, -0.05) is 22.9 Å². The van der Waals surface area contributed by atoms with Crippen LogP contribution in [-0.2, 0) is 0 Å². The number of halogens is 1. The molecule has 0 amide bonds.